The van der Waals surface area contributed by atoms with E-state index < -0.39 is 30.8 Å². The molecule has 0 aromatic heterocycles. The highest BCUT2D eigenvalue weighted by atomic mass is 19.4. The molecule has 116 valence electrons. The highest BCUT2D eigenvalue weighted by Crippen LogP contribution is 2.33. The van der Waals surface area contributed by atoms with E-state index >= 15 is 0 Å². The molecule has 4 nitrogen and oxygen atoms in total. The number of piperidine rings is 1. The zero-order valence-corrected chi connectivity index (χ0v) is 11.3. The quantitative estimate of drug-likeness (QED) is 0.913. The van der Waals surface area contributed by atoms with Crippen molar-refractivity contribution in [1.82, 2.24) is 4.90 Å². The number of halogens is 3. The molecule has 1 saturated heterocycles. The van der Waals surface area contributed by atoms with E-state index in [9.17, 15) is 18.0 Å². The number of benzene rings is 1. The van der Waals surface area contributed by atoms with Crippen LogP contribution in [0.5, 0.6) is 0 Å². The Morgan fingerprint density at radius 2 is 1.95 bits per heavy atom. The van der Waals surface area contributed by atoms with Crippen LogP contribution in [0.1, 0.15) is 12.0 Å². The van der Waals surface area contributed by atoms with Gasteiger partial charge in [-0.1, -0.05) is 30.3 Å². The number of carbonyl (C=O) groups is 1. The van der Waals surface area contributed by atoms with E-state index in [2.05, 4.69) is 0 Å². The topological polar surface area (TPSA) is 55.6 Å². The maximum absolute atomic E-state index is 12.8. The SMILES string of the molecule is NC1CC(C(F)(F)F)CN(C(=O)OCc2ccccc2)C1. The molecule has 21 heavy (non-hydrogen) atoms. The molecule has 1 aliphatic heterocycles. The van der Waals surface area contributed by atoms with Crippen LogP contribution in [0.3, 0.4) is 0 Å². The molecule has 0 aliphatic carbocycles. The second-order valence-electron chi connectivity index (χ2n) is 5.18. The van der Waals surface area contributed by atoms with Crippen LogP contribution in [0.25, 0.3) is 0 Å². The first-order chi connectivity index (χ1) is 9.86. The normalized spacial score (nSPS) is 23.0. The Hall–Kier alpha value is -1.76. The summed E-state index contributed by atoms with van der Waals surface area (Å²) in [7, 11) is 0. The zero-order chi connectivity index (χ0) is 15.5. The van der Waals surface area contributed by atoms with Gasteiger partial charge in [-0.15, -0.1) is 0 Å². The van der Waals surface area contributed by atoms with Crippen molar-refractivity contribution in [3.63, 3.8) is 0 Å². The van der Waals surface area contributed by atoms with Crippen molar-refractivity contribution in [2.24, 2.45) is 11.7 Å². The molecule has 2 unspecified atom stereocenters. The summed E-state index contributed by atoms with van der Waals surface area (Å²) < 4.78 is 43.3. The van der Waals surface area contributed by atoms with E-state index in [0.717, 1.165) is 10.5 Å². The minimum atomic E-state index is -4.35. The molecule has 1 aromatic rings. The maximum Gasteiger partial charge on any atom is 0.410 e. The first-order valence-corrected chi connectivity index (χ1v) is 6.64. The lowest BCUT2D eigenvalue weighted by atomic mass is 9.94. The van der Waals surface area contributed by atoms with Gasteiger partial charge in [0.2, 0.25) is 0 Å². The van der Waals surface area contributed by atoms with Gasteiger partial charge in [0.25, 0.3) is 0 Å². The number of alkyl halides is 3. The number of hydrogen-bond donors (Lipinski definition) is 1. The number of carbonyl (C=O) groups excluding carboxylic acids is 1. The Balaban J connectivity index is 1.92. The first kappa shape index (κ1) is 15.6. The van der Waals surface area contributed by atoms with Crippen molar-refractivity contribution >= 4 is 6.09 Å². The Morgan fingerprint density at radius 1 is 1.29 bits per heavy atom. The second kappa shape index (κ2) is 6.34. The fourth-order valence-corrected chi connectivity index (χ4v) is 2.33. The number of ether oxygens (including phenoxy) is 1. The van der Waals surface area contributed by atoms with Gasteiger partial charge in [0.1, 0.15) is 6.61 Å². The van der Waals surface area contributed by atoms with Gasteiger partial charge in [-0.2, -0.15) is 13.2 Å². The van der Waals surface area contributed by atoms with Crippen LogP contribution in [0, 0.1) is 5.92 Å². The third kappa shape index (κ3) is 4.35. The van der Waals surface area contributed by atoms with Crippen molar-refractivity contribution < 1.29 is 22.7 Å². The zero-order valence-electron chi connectivity index (χ0n) is 11.3. The Morgan fingerprint density at radius 3 is 2.57 bits per heavy atom. The molecule has 1 heterocycles. The number of likely N-dealkylation sites (tertiary alicyclic amines) is 1. The molecule has 1 aliphatic rings. The van der Waals surface area contributed by atoms with Crippen LogP contribution < -0.4 is 5.73 Å². The maximum atomic E-state index is 12.8. The number of hydrogen-bond acceptors (Lipinski definition) is 3. The van der Waals surface area contributed by atoms with E-state index in [0.29, 0.717) is 0 Å². The number of nitrogens with zero attached hydrogens (tertiary/aromatic N) is 1. The van der Waals surface area contributed by atoms with E-state index in [1.54, 1.807) is 24.3 Å². The highest BCUT2D eigenvalue weighted by molar-refractivity contribution is 5.67. The monoisotopic (exact) mass is 302 g/mol. The minimum absolute atomic E-state index is 0.0299. The van der Waals surface area contributed by atoms with Gasteiger partial charge in [0.05, 0.1) is 5.92 Å². The molecular weight excluding hydrogens is 285 g/mol. The summed E-state index contributed by atoms with van der Waals surface area (Å²) in [6, 6.07) is 8.26. The average Bonchev–Trinajstić information content (AvgIpc) is 2.44. The summed E-state index contributed by atoms with van der Waals surface area (Å²) in [6.45, 7) is -0.285. The second-order valence-corrected chi connectivity index (χ2v) is 5.18. The number of nitrogens with two attached hydrogens (primary N) is 1. The average molecular weight is 302 g/mol. The molecule has 2 rings (SSSR count). The smallest absolute Gasteiger partial charge is 0.410 e. The molecule has 7 heteroatoms. The Bertz CT molecular complexity index is 479. The van der Waals surface area contributed by atoms with Crippen LogP contribution in [0.15, 0.2) is 30.3 Å². The predicted molar refractivity (Wildman–Crippen MR) is 70.3 cm³/mol. The molecule has 0 spiro atoms. The third-order valence-electron chi connectivity index (χ3n) is 3.41. The van der Waals surface area contributed by atoms with Gasteiger partial charge in [0, 0.05) is 19.1 Å². The van der Waals surface area contributed by atoms with E-state index in [4.69, 9.17) is 10.5 Å². The lowest BCUT2D eigenvalue weighted by molar-refractivity contribution is -0.186. The van der Waals surface area contributed by atoms with Crippen LogP contribution in [-0.2, 0) is 11.3 Å². The van der Waals surface area contributed by atoms with Crippen molar-refractivity contribution in [3.8, 4) is 0 Å². The van der Waals surface area contributed by atoms with Crippen molar-refractivity contribution in [2.75, 3.05) is 13.1 Å². The Kier molecular flexibility index (Phi) is 4.72. The first-order valence-electron chi connectivity index (χ1n) is 6.64. The van der Waals surface area contributed by atoms with E-state index in [1.807, 2.05) is 6.07 Å². The molecular formula is C14H17F3N2O2. The summed E-state index contributed by atoms with van der Waals surface area (Å²) in [5.74, 6) is -1.59. The standard InChI is InChI=1S/C14H17F3N2O2/c15-14(16,17)11-6-12(18)8-19(7-11)13(20)21-9-10-4-2-1-3-5-10/h1-5,11-12H,6-9,18H2. The summed E-state index contributed by atoms with van der Waals surface area (Å²) in [6.07, 6.45) is -5.27. The van der Waals surface area contributed by atoms with Gasteiger partial charge < -0.3 is 15.4 Å². The predicted octanol–water partition coefficient (Wildman–Crippen LogP) is 2.53. The van der Waals surface area contributed by atoms with Crippen molar-refractivity contribution in [3.05, 3.63) is 35.9 Å². The summed E-state index contributed by atoms with van der Waals surface area (Å²) in [4.78, 5) is 12.9. The van der Waals surface area contributed by atoms with Gasteiger partial charge in [-0.3, -0.25) is 0 Å². The number of amides is 1. The fourth-order valence-electron chi connectivity index (χ4n) is 2.33. The van der Waals surface area contributed by atoms with Crippen molar-refractivity contribution in [1.29, 1.82) is 0 Å². The molecule has 0 saturated carbocycles. The highest BCUT2D eigenvalue weighted by Gasteiger charge is 2.45. The Labute approximate surface area is 120 Å². The molecule has 1 fully saturated rings. The summed E-state index contributed by atoms with van der Waals surface area (Å²) in [5, 5.41) is 0. The minimum Gasteiger partial charge on any atom is -0.445 e. The lowest BCUT2D eigenvalue weighted by Crippen LogP contribution is -2.52. The molecule has 2 N–H and O–H groups in total. The largest absolute Gasteiger partial charge is 0.445 e. The molecule has 1 aromatic carbocycles. The van der Waals surface area contributed by atoms with Crippen LogP contribution in [0.4, 0.5) is 18.0 Å². The van der Waals surface area contributed by atoms with E-state index in [-0.39, 0.29) is 19.6 Å². The molecule has 2 atom stereocenters. The van der Waals surface area contributed by atoms with Gasteiger partial charge in [-0.25, -0.2) is 4.79 Å². The number of rotatable bonds is 2. The van der Waals surface area contributed by atoms with Gasteiger partial charge in [0.15, 0.2) is 0 Å². The van der Waals surface area contributed by atoms with Crippen LogP contribution >= 0.6 is 0 Å². The fraction of sp³-hybridized carbons (Fsp3) is 0.500. The van der Waals surface area contributed by atoms with Crippen LogP contribution in [-0.4, -0.2) is 36.3 Å². The summed E-state index contributed by atoms with van der Waals surface area (Å²) >= 11 is 0. The van der Waals surface area contributed by atoms with Gasteiger partial charge in [-0.05, 0) is 12.0 Å². The third-order valence-corrected chi connectivity index (χ3v) is 3.41. The molecule has 0 bridgehead atoms. The van der Waals surface area contributed by atoms with Crippen LogP contribution in [0.2, 0.25) is 0 Å². The van der Waals surface area contributed by atoms with E-state index in [1.165, 1.54) is 0 Å². The van der Waals surface area contributed by atoms with Crippen molar-refractivity contribution in [2.45, 2.75) is 25.2 Å². The summed E-state index contributed by atoms with van der Waals surface area (Å²) in [5.41, 5.74) is 6.39. The lowest BCUT2D eigenvalue weighted by Gasteiger charge is -2.36. The molecule has 0 radical (unpaired) electrons. The molecule has 1 amide bonds. The van der Waals surface area contributed by atoms with Gasteiger partial charge >= 0.3 is 12.3 Å².